The van der Waals surface area contributed by atoms with Gasteiger partial charge in [0, 0.05) is 31.1 Å². The topological polar surface area (TPSA) is 86.8 Å². The number of sulfonamides is 1. The molecule has 0 saturated carbocycles. The van der Waals surface area contributed by atoms with Gasteiger partial charge in [-0.2, -0.15) is 0 Å². The van der Waals surface area contributed by atoms with Gasteiger partial charge in [0.05, 0.1) is 11.9 Å². The molecule has 0 aliphatic carbocycles. The lowest BCUT2D eigenvalue weighted by Gasteiger charge is -2.29. The van der Waals surface area contributed by atoms with Crippen LogP contribution >= 0.6 is 11.6 Å². The van der Waals surface area contributed by atoms with Crippen molar-refractivity contribution in [2.45, 2.75) is 53.1 Å². The van der Waals surface area contributed by atoms with E-state index in [9.17, 15) is 18.0 Å². The monoisotopic (exact) mass is 521 g/mol. The fourth-order valence-corrected chi connectivity index (χ4v) is 4.63. The minimum atomic E-state index is -3.52. The first kappa shape index (κ1) is 28.7. The first-order valence-corrected chi connectivity index (χ1v) is 14.0. The van der Waals surface area contributed by atoms with E-state index in [2.05, 4.69) is 5.32 Å². The van der Waals surface area contributed by atoms with Crippen LogP contribution in [0.3, 0.4) is 0 Å². The molecule has 35 heavy (non-hydrogen) atoms. The van der Waals surface area contributed by atoms with Crippen LogP contribution in [0.4, 0.5) is 5.69 Å². The van der Waals surface area contributed by atoms with Crippen molar-refractivity contribution in [3.8, 4) is 0 Å². The smallest absolute Gasteiger partial charge is 0.242 e. The summed E-state index contributed by atoms with van der Waals surface area (Å²) in [6.07, 6.45) is 1.58. The lowest BCUT2D eigenvalue weighted by atomic mass is 10.1. The Hall–Kier alpha value is -2.58. The van der Waals surface area contributed by atoms with Crippen molar-refractivity contribution in [3.05, 3.63) is 64.7 Å². The van der Waals surface area contributed by atoms with Crippen LogP contribution in [0.1, 0.15) is 44.7 Å². The maximum atomic E-state index is 13.3. The third kappa shape index (κ3) is 9.18. The summed E-state index contributed by atoms with van der Waals surface area (Å²) in [5.41, 5.74) is 2.44. The van der Waals surface area contributed by atoms with Gasteiger partial charge < -0.3 is 10.2 Å². The molecule has 0 heterocycles. The quantitative estimate of drug-likeness (QED) is 0.449. The molecule has 0 radical (unpaired) electrons. The number of halogens is 1. The molecule has 1 atom stereocenters. The number of hydrogen-bond acceptors (Lipinski definition) is 4. The van der Waals surface area contributed by atoms with Gasteiger partial charge in [0.15, 0.2) is 0 Å². The first-order chi connectivity index (χ1) is 16.4. The van der Waals surface area contributed by atoms with E-state index in [1.54, 1.807) is 31.2 Å². The molecule has 2 aromatic carbocycles. The summed E-state index contributed by atoms with van der Waals surface area (Å²) in [5, 5.41) is 3.48. The van der Waals surface area contributed by atoms with E-state index in [4.69, 9.17) is 11.6 Å². The van der Waals surface area contributed by atoms with Crippen molar-refractivity contribution in [2.24, 2.45) is 5.92 Å². The lowest BCUT2D eigenvalue weighted by molar-refractivity contribution is -0.140. The maximum Gasteiger partial charge on any atom is 0.242 e. The van der Waals surface area contributed by atoms with Gasteiger partial charge in [-0.25, -0.2) is 8.42 Å². The molecule has 7 nitrogen and oxygen atoms in total. The molecule has 9 heteroatoms. The molecule has 0 aliphatic rings. The van der Waals surface area contributed by atoms with Crippen LogP contribution in [0.5, 0.6) is 0 Å². The Morgan fingerprint density at radius 2 is 1.60 bits per heavy atom. The van der Waals surface area contributed by atoms with Crippen LogP contribution in [-0.2, 0) is 26.2 Å². The molecule has 2 rings (SSSR count). The molecule has 1 N–H and O–H groups in total. The van der Waals surface area contributed by atoms with Crippen molar-refractivity contribution >= 4 is 39.1 Å². The Kier molecular flexibility index (Phi) is 10.6. The molecule has 1 unspecified atom stereocenters. The van der Waals surface area contributed by atoms with Gasteiger partial charge in [0.2, 0.25) is 21.8 Å². The van der Waals surface area contributed by atoms with Crippen LogP contribution in [0.15, 0.2) is 48.5 Å². The third-order valence-electron chi connectivity index (χ3n) is 5.59. The van der Waals surface area contributed by atoms with Gasteiger partial charge in [0.1, 0.15) is 6.04 Å². The number of anilines is 1. The highest BCUT2D eigenvalue weighted by molar-refractivity contribution is 7.92. The highest BCUT2D eigenvalue weighted by Gasteiger charge is 2.26. The molecule has 0 aliphatic heterocycles. The van der Waals surface area contributed by atoms with Gasteiger partial charge >= 0.3 is 0 Å². The predicted octanol–water partition coefficient (Wildman–Crippen LogP) is 4.38. The van der Waals surface area contributed by atoms with Crippen molar-refractivity contribution in [1.29, 1.82) is 0 Å². The molecule has 0 spiro atoms. The second-order valence-corrected chi connectivity index (χ2v) is 11.6. The van der Waals surface area contributed by atoms with Crippen LogP contribution in [0.2, 0.25) is 5.02 Å². The minimum Gasteiger partial charge on any atom is -0.354 e. The van der Waals surface area contributed by atoms with E-state index in [-0.39, 0.29) is 37.2 Å². The summed E-state index contributed by atoms with van der Waals surface area (Å²) < 4.78 is 26.1. The number of benzene rings is 2. The van der Waals surface area contributed by atoms with E-state index >= 15 is 0 Å². The average Bonchev–Trinajstić information content (AvgIpc) is 2.79. The highest BCUT2D eigenvalue weighted by atomic mass is 35.5. The number of nitrogens with zero attached hydrogens (tertiary/aromatic N) is 2. The van der Waals surface area contributed by atoms with E-state index in [0.29, 0.717) is 23.7 Å². The van der Waals surface area contributed by atoms with Gasteiger partial charge in [-0.15, -0.1) is 0 Å². The average molecular weight is 522 g/mol. The highest BCUT2D eigenvalue weighted by Crippen LogP contribution is 2.20. The van der Waals surface area contributed by atoms with Crippen molar-refractivity contribution in [1.82, 2.24) is 10.2 Å². The van der Waals surface area contributed by atoms with E-state index in [0.717, 1.165) is 17.4 Å². The molecular formula is C26H36ClN3O4S. The summed E-state index contributed by atoms with van der Waals surface area (Å²) in [6, 6.07) is 13.7. The molecule has 192 valence electrons. The number of aryl methyl sites for hydroxylation is 1. The first-order valence-electron chi connectivity index (χ1n) is 11.7. The van der Waals surface area contributed by atoms with Crippen LogP contribution in [0, 0.1) is 12.8 Å². The number of rotatable bonds is 12. The van der Waals surface area contributed by atoms with Crippen molar-refractivity contribution in [3.63, 3.8) is 0 Å². The molecule has 0 saturated heterocycles. The number of amides is 2. The van der Waals surface area contributed by atoms with Gasteiger partial charge in [-0.05, 0) is 56.0 Å². The largest absolute Gasteiger partial charge is 0.354 e. The predicted molar refractivity (Wildman–Crippen MR) is 142 cm³/mol. The fraction of sp³-hybridized carbons (Fsp3) is 0.462. The standard InChI is InChI=1S/C26H36ClN3O4S/c1-19(2)17-28-26(32)21(4)29(18-22-10-12-23(27)13-11-22)25(31)7-6-16-30(35(5,33)34)24-14-8-20(3)9-15-24/h8-15,19,21H,6-7,16-18H2,1-5H3,(H,28,32). The van der Waals surface area contributed by atoms with Gasteiger partial charge in [-0.3, -0.25) is 13.9 Å². The Balaban J connectivity index is 2.14. The number of nitrogens with one attached hydrogen (secondary N) is 1. The molecule has 0 aromatic heterocycles. The molecule has 2 aromatic rings. The summed E-state index contributed by atoms with van der Waals surface area (Å²) in [7, 11) is -3.52. The second-order valence-electron chi connectivity index (χ2n) is 9.24. The van der Waals surface area contributed by atoms with Crippen LogP contribution in [-0.4, -0.2) is 50.5 Å². The maximum absolute atomic E-state index is 13.3. The number of carbonyl (C=O) groups excluding carboxylic acids is 2. The molecule has 0 bridgehead atoms. The zero-order valence-corrected chi connectivity index (χ0v) is 22.7. The molecular weight excluding hydrogens is 486 g/mol. The third-order valence-corrected chi connectivity index (χ3v) is 7.04. The van der Waals surface area contributed by atoms with Crippen LogP contribution in [0.25, 0.3) is 0 Å². The zero-order chi connectivity index (χ0) is 26.2. The van der Waals surface area contributed by atoms with E-state index in [1.807, 2.05) is 45.0 Å². The van der Waals surface area contributed by atoms with Gasteiger partial charge in [0.25, 0.3) is 0 Å². The van der Waals surface area contributed by atoms with Crippen molar-refractivity contribution < 1.29 is 18.0 Å². The SMILES string of the molecule is Cc1ccc(N(CCCC(=O)N(Cc2ccc(Cl)cc2)C(C)C(=O)NCC(C)C)S(C)(=O)=O)cc1. The van der Waals surface area contributed by atoms with Crippen LogP contribution < -0.4 is 9.62 Å². The second kappa shape index (κ2) is 12.9. The Morgan fingerprint density at radius 1 is 1.00 bits per heavy atom. The van der Waals surface area contributed by atoms with E-state index in [1.165, 1.54) is 9.21 Å². The molecule has 2 amide bonds. The van der Waals surface area contributed by atoms with Crippen molar-refractivity contribution in [2.75, 3.05) is 23.7 Å². The number of hydrogen-bond donors (Lipinski definition) is 1. The Bertz CT molecular complexity index is 1090. The normalized spacial score (nSPS) is 12.3. The summed E-state index contributed by atoms with van der Waals surface area (Å²) in [5.74, 6) is -0.154. The molecule has 0 fully saturated rings. The fourth-order valence-electron chi connectivity index (χ4n) is 3.54. The summed E-state index contributed by atoms with van der Waals surface area (Å²) in [4.78, 5) is 27.6. The summed E-state index contributed by atoms with van der Waals surface area (Å²) >= 11 is 5.99. The minimum absolute atomic E-state index is 0.104. The van der Waals surface area contributed by atoms with E-state index < -0.39 is 16.1 Å². The Labute approximate surface area is 214 Å². The zero-order valence-electron chi connectivity index (χ0n) is 21.1. The Morgan fingerprint density at radius 3 is 2.14 bits per heavy atom. The number of carbonyl (C=O) groups is 2. The lowest BCUT2D eigenvalue weighted by Crippen LogP contribution is -2.48. The summed E-state index contributed by atoms with van der Waals surface area (Å²) in [6.45, 7) is 8.58. The van der Waals surface area contributed by atoms with Gasteiger partial charge in [-0.1, -0.05) is 55.3 Å².